The highest BCUT2D eigenvalue weighted by Crippen LogP contribution is 2.24. The van der Waals surface area contributed by atoms with Crippen LogP contribution in [0.5, 0.6) is 0 Å². The van der Waals surface area contributed by atoms with Crippen molar-refractivity contribution < 1.29 is 13.2 Å². The normalized spacial score (nSPS) is 11.2. The molecule has 1 N–H and O–H groups in total. The number of carbonyl (C=O) groups is 1. The molecule has 0 bridgehead atoms. The maximum Gasteiger partial charge on any atom is 0.257 e. The fourth-order valence-corrected chi connectivity index (χ4v) is 4.10. The van der Waals surface area contributed by atoms with E-state index in [2.05, 4.69) is 12.2 Å². The predicted octanol–water partition coefficient (Wildman–Crippen LogP) is 5.01. The van der Waals surface area contributed by atoms with Crippen molar-refractivity contribution in [1.82, 2.24) is 0 Å². The second-order valence-electron chi connectivity index (χ2n) is 6.64. The molecule has 5 nitrogen and oxygen atoms in total. The van der Waals surface area contributed by atoms with Crippen molar-refractivity contribution in [1.29, 1.82) is 0 Å². The van der Waals surface area contributed by atoms with Gasteiger partial charge in [0.15, 0.2) is 0 Å². The molecule has 2 aromatic carbocycles. The summed E-state index contributed by atoms with van der Waals surface area (Å²) in [5.74, 6) is 0.753. The minimum Gasteiger partial charge on any atom is -0.322 e. The van der Waals surface area contributed by atoms with E-state index >= 15 is 0 Å². The SMILES string of the molecule is CCCCCCSc1ccc(NC(=O)c2ccccc2N(C)S(C)(=O)=O)cc1. The highest BCUT2D eigenvalue weighted by atomic mass is 32.2. The molecule has 0 unspecified atom stereocenters. The molecule has 0 atom stereocenters. The molecule has 28 heavy (non-hydrogen) atoms. The Morgan fingerprint density at radius 3 is 2.36 bits per heavy atom. The summed E-state index contributed by atoms with van der Waals surface area (Å²) in [6, 6.07) is 14.4. The number of nitrogens with zero attached hydrogens (tertiary/aromatic N) is 1. The van der Waals surface area contributed by atoms with Crippen LogP contribution in [0.15, 0.2) is 53.4 Å². The van der Waals surface area contributed by atoms with E-state index in [1.807, 2.05) is 36.0 Å². The first-order chi connectivity index (χ1) is 13.3. The monoisotopic (exact) mass is 420 g/mol. The van der Waals surface area contributed by atoms with Crippen molar-refractivity contribution in [2.45, 2.75) is 37.5 Å². The molecule has 0 saturated heterocycles. The Hall–Kier alpha value is -1.99. The lowest BCUT2D eigenvalue weighted by atomic mass is 10.1. The molecule has 0 radical (unpaired) electrons. The molecule has 0 aromatic heterocycles. The summed E-state index contributed by atoms with van der Waals surface area (Å²) in [7, 11) is -2.02. The highest BCUT2D eigenvalue weighted by Gasteiger charge is 2.19. The van der Waals surface area contributed by atoms with E-state index in [9.17, 15) is 13.2 Å². The molecule has 0 spiro atoms. The van der Waals surface area contributed by atoms with E-state index in [1.165, 1.54) is 37.6 Å². The minimum absolute atomic E-state index is 0.310. The summed E-state index contributed by atoms with van der Waals surface area (Å²) in [5.41, 5.74) is 1.34. The molecule has 0 aliphatic rings. The number of sulfonamides is 1. The van der Waals surface area contributed by atoms with E-state index in [4.69, 9.17) is 0 Å². The fraction of sp³-hybridized carbons (Fsp3) is 0.381. The number of carbonyl (C=O) groups excluding carboxylic acids is 1. The Morgan fingerprint density at radius 2 is 1.71 bits per heavy atom. The Labute approximate surface area is 172 Å². The van der Waals surface area contributed by atoms with E-state index in [1.54, 1.807) is 24.3 Å². The quantitative estimate of drug-likeness (QED) is 0.433. The first-order valence-corrected chi connectivity index (χ1v) is 12.2. The summed E-state index contributed by atoms with van der Waals surface area (Å²) < 4.78 is 24.8. The molecule has 1 amide bonds. The summed E-state index contributed by atoms with van der Waals surface area (Å²) in [5, 5.41) is 2.85. The van der Waals surface area contributed by atoms with Crippen LogP contribution in [-0.4, -0.2) is 33.4 Å². The van der Waals surface area contributed by atoms with E-state index in [0.29, 0.717) is 16.9 Å². The molecule has 2 rings (SSSR count). The van der Waals surface area contributed by atoms with Gasteiger partial charge < -0.3 is 5.32 Å². The van der Waals surface area contributed by atoms with Crippen LogP contribution in [0.3, 0.4) is 0 Å². The van der Waals surface area contributed by atoms with Gasteiger partial charge >= 0.3 is 0 Å². The minimum atomic E-state index is -3.45. The first-order valence-electron chi connectivity index (χ1n) is 9.40. The van der Waals surface area contributed by atoms with Crippen molar-refractivity contribution in [3.05, 3.63) is 54.1 Å². The molecule has 0 fully saturated rings. The zero-order chi connectivity index (χ0) is 20.6. The molecule has 152 valence electrons. The number of para-hydroxylation sites is 1. The molecule has 0 aliphatic carbocycles. The van der Waals surface area contributed by atoms with Crippen LogP contribution in [0.2, 0.25) is 0 Å². The summed E-state index contributed by atoms with van der Waals surface area (Å²) in [6.07, 6.45) is 6.10. The van der Waals surface area contributed by atoms with Crippen molar-refractivity contribution >= 4 is 39.1 Å². The molecule has 2 aromatic rings. The molecular formula is C21H28N2O3S2. The van der Waals surface area contributed by atoms with Gasteiger partial charge in [-0.2, -0.15) is 0 Å². The molecule has 0 heterocycles. The highest BCUT2D eigenvalue weighted by molar-refractivity contribution is 7.99. The number of rotatable bonds is 10. The largest absolute Gasteiger partial charge is 0.322 e. The maximum absolute atomic E-state index is 12.7. The third kappa shape index (κ3) is 6.56. The number of nitrogens with one attached hydrogen (secondary N) is 1. The molecular weight excluding hydrogens is 392 g/mol. The lowest BCUT2D eigenvalue weighted by Gasteiger charge is -2.19. The number of hydrogen-bond donors (Lipinski definition) is 1. The lowest BCUT2D eigenvalue weighted by molar-refractivity contribution is 0.102. The van der Waals surface area contributed by atoms with Gasteiger partial charge in [-0.05, 0) is 48.6 Å². The average Bonchev–Trinajstić information content (AvgIpc) is 2.67. The Balaban J connectivity index is 2.02. The summed E-state index contributed by atoms with van der Waals surface area (Å²) >= 11 is 1.82. The second-order valence-corrected chi connectivity index (χ2v) is 9.82. The molecule has 0 saturated carbocycles. The summed E-state index contributed by atoms with van der Waals surface area (Å²) in [4.78, 5) is 13.9. The van der Waals surface area contributed by atoms with Gasteiger partial charge in [0, 0.05) is 17.6 Å². The number of unbranched alkanes of at least 4 members (excludes halogenated alkanes) is 3. The van der Waals surface area contributed by atoms with Crippen molar-refractivity contribution in [2.75, 3.05) is 28.7 Å². The Kier molecular flexibility index (Phi) is 8.38. The fourth-order valence-electron chi connectivity index (χ4n) is 2.67. The number of benzene rings is 2. The van der Waals surface area contributed by atoms with Gasteiger partial charge in [0.2, 0.25) is 10.0 Å². The standard InChI is InChI=1S/C21H28N2O3S2/c1-4-5-6-9-16-27-18-14-12-17(13-15-18)22-21(24)19-10-7-8-11-20(19)23(2)28(3,25)26/h7-8,10-15H,4-6,9,16H2,1-3H3,(H,22,24). The second kappa shape index (κ2) is 10.5. The van der Waals surface area contributed by atoms with Crippen molar-refractivity contribution in [3.63, 3.8) is 0 Å². The van der Waals surface area contributed by atoms with E-state index in [0.717, 1.165) is 16.3 Å². The van der Waals surface area contributed by atoms with Crippen LogP contribution in [0.1, 0.15) is 43.0 Å². The maximum atomic E-state index is 12.7. The van der Waals surface area contributed by atoms with Gasteiger partial charge in [-0.3, -0.25) is 9.10 Å². The number of amides is 1. The van der Waals surface area contributed by atoms with E-state index in [-0.39, 0.29) is 5.91 Å². The van der Waals surface area contributed by atoms with Gasteiger partial charge in [0.05, 0.1) is 17.5 Å². The van der Waals surface area contributed by atoms with E-state index < -0.39 is 10.0 Å². The number of hydrogen-bond acceptors (Lipinski definition) is 4. The van der Waals surface area contributed by atoms with Gasteiger partial charge in [-0.25, -0.2) is 8.42 Å². The van der Waals surface area contributed by atoms with Gasteiger partial charge in [0.25, 0.3) is 5.91 Å². The zero-order valence-corrected chi connectivity index (χ0v) is 18.3. The first kappa shape index (κ1) is 22.3. The van der Waals surface area contributed by atoms with Crippen molar-refractivity contribution in [2.24, 2.45) is 0 Å². The third-order valence-corrected chi connectivity index (χ3v) is 6.65. The number of thioether (sulfide) groups is 1. The average molecular weight is 421 g/mol. The topological polar surface area (TPSA) is 66.5 Å². The lowest BCUT2D eigenvalue weighted by Crippen LogP contribution is -2.27. The van der Waals surface area contributed by atoms with Crippen LogP contribution in [0.25, 0.3) is 0 Å². The Bertz CT molecular complexity index is 881. The Morgan fingerprint density at radius 1 is 1.04 bits per heavy atom. The van der Waals surface area contributed by atoms with Gasteiger partial charge in [-0.15, -0.1) is 11.8 Å². The zero-order valence-electron chi connectivity index (χ0n) is 16.6. The van der Waals surface area contributed by atoms with Crippen LogP contribution >= 0.6 is 11.8 Å². The van der Waals surface area contributed by atoms with Gasteiger partial charge in [0.1, 0.15) is 0 Å². The van der Waals surface area contributed by atoms with Gasteiger partial charge in [-0.1, -0.05) is 38.3 Å². The number of anilines is 2. The predicted molar refractivity (Wildman–Crippen MR) is 119 cm³/mol. The van der Waals surface area contributed by atoms with Crippen molar-refractivity contribution in [3.8, 4) is 0 Å². The third-order valence-electron chi connectivity index (χ3n) is 4.36. The van der Waals surface area contributed by atoms with Crippen LogP contribution in [0, 0.1) is 0 Å². The van der Waals surface area contributed by atoms with Crippen LogP contribution in [-0.2, 0) is 10.0 Å². The molecule has 7 heteroatoms. The van der Waals surface area contributed by atoms with Crippen LogP contribution < -0.4 is 9.62 Å². The summed E-state index contributed by atoms with van der Waals surface area (Å²) in [6.45, 7) is 2.21. The molecule has 0 aliphatic heterocycles. The smallest absolute Gasteiger partial charge is 0.257 e. The van der Waals surface area contributed by atoms with Crippen LogP contribution in [0.4, 0.5) is 11.4 Å².